The van der Waals surface area contributed by atoms with E-state index in [4.69, 9.17) is 0 Å². The molecule has 2 heterocycles. The van der Waals surface area contributed by atoms with Crippen molar-refractivity contribution in [1.82, 2.24) is 9.55 Å². The average Bonchev–Trinajstić information content (AvgIpc) is 2.92. The maximum atomic E-state index is 4.51. The summed E-state index contributed by atoms with van der Waals surface area (Å²) in [7, 11) is 0. The van der Waals surface area contributed by atoms with Gasteiger partial charge in [0.15, 0.2) is 5.82 Å². The largest absolute Gasteiger partial charge is 0.318 e. The van der Waals surface area contributed by atoms with Gasteiger partial charge in [0.2, 0.25) is 0 Å². The van der Waals surface area contributed by atoms with Crippen LogP contribution in [0.25, 0.3) is 22.2 Å². The summed E-state index contributed by atoms with van der Waals surface area (Å²) in [6, 6.07) is 10.5. The van der Waals surface area contributed by atoms with E-state index in [0.717, 1.165) is 18.1 Å². The fourth-order valence-electron chi connectivity index (χ4n) is 2.36. The molecule has 0 saturated carbocycles. The van der Waals surface area contributed by atoms with Crippen LogP contribution in [0.15, 0.2) is 41.5 Å². The average molecular weight is 207 g/mol. The normalized spacial score (nSPS) is 13.8. The van der Waals surface area contributed by atoms with Crippen LogP contribution in [0.3, 0.4) is 0 Å². The maximum absolute atomic E-state index is 4.51. The molecule has 0 N–H and O–H groups in total. The third-order valence-electron chi connectivity index (χ3n) is 3.11. The Bertz CT molecular complexity index is 694. The van der Waals surface area contributed by atoms with E-state index in [9.17, 15) is 0 Å². The zero-order valence-corrected chi connectivity index (χ0v) is 8.59. The van der Waals surface area contributed by atoms with Gasteiger partial charge >= 0.3 is 0 Å². The first-order valence-electron chi connectivity index (χ1n) is 5.33. The Morgan fingerprint density at radius 1 is 1.19 bits per heavy atom. The van der Waals surface area contributed by atoms with Gasteiger partial charge in [-0.2, -0.15) is 0 Å². The fourth-order valence-corrected chi connectivity index (χ4v) is 2.36. The molecule has 0 saturated heterocycles. The molecule has 0 atom stereocenters. The standard InChI is InChI=1S/C13H9N3/c1-2-4-10-9(3-1)7-11-13(10)15-8-12-14-5-6-16(11)12/h1-5,7-8H,6H2. The van der Waals surface area contributed by atoms with Crippen LogP contribution < -0.4 is 0 Å². The molecule has 3 nitrogen and oxygen atoms in total. The third kappa shape index (κ3) is 0.877. The van der Waals surface area contributed by atoms with Crippen molar-refractivity contribution in [3.63, 3.8) is 0 Å². The summed E-state index contributed by atoms with van der Waals surface area (Å²) >= 11 is 0. The number of fused-ring (bicyclic) bond motifs is 5. The molecule has 0 amide bonds. The topological polar surface area (TPSA) is 30.2 Å². The molecule has 0 unspecified atom stereocenters. The lowest BCUT2D eigenvalue weighted by atomic mass is 10.2. The van der Waals surface area contributed by atoms with Crippen molar-refractivity contribution in [3.05, 3.63) is 36.5 Å². The molecule has 0 radical (unpaired) electrons. The first-order valence-corrected chi connectivity index (χ1v) is 5.33. The van der Waals surface area contributed by atoms with E-state index in [1.165, 1.54) is 16.5 Å². The summed E-state index contributed by atoms with van der Waals surface area (Å²) in [6.45, 7) is 0.852. The number of rotatable bonds is 0. The minimum atomic E-state index is 0.852. The minimum Gasteiger partial charge on any atom is -0.318 e. The van der Waals surface area contributed by atoms with E-state index in [1.807, 2.05) is 12.4 Å². The van der Waals surface area contributed by atoms with Crippen molar-refractivity contribution in [3.8, 4) is 11.4 Å². The van der Waals surface area contributed by atoms with E-state index < -0.39 is 0 Å². The molecular formula is C13H9N3. The highest BCUT2D eigenvalue weighted by molar-refractivity contribution is 6.00. The lowest BCUT2D eigenvalue weighted by molar-refractivity contribution is 0.887. The molecule has 16 heavy (non-hydrogen) atoms. The molecule has 1 aromatic carbocycles. The van der Waals surface area contributed by atoms with Gasteiger partial charge in [0, 0.05) is 11.6 Å². The van der Waals surface area contributed by atoms with Gasteiger partial charge in [0.05, 0.1) is 24.1 Å². The molecule has 0 aromatic heterocycles. The number of aliphatic imine (C=N–C) groups is 1. The van der Waals surface area contributed by atoms with Crippen molar-refractivity contribution in [1.29, 1.82) is 0 Å². The molecule has 76 valence electrons. The van der Waals surface area contributed by atoms with E-state index in [-0.39, 0.29) is 0 Å². The Morgan fingerprint density at radius 2 is 2.12 bits per heavy atom. The molecule has 2 aliphatic heterocycles. The molecule has 3 aliphatic rings. The molecule has 3 heteroatoms. The quantitative estimate of drug-likeness (QED) is 0.557. The second-order valence-electron chi connectivity index (χ2n) is 4.00. The first kappa shape index (κ1) is 8.05. The summed E-state index contributed by atoms with van der Waals surface area (Å²) in [5, 5.41) is 2.47. The van der Waals surface area contributed by atoms with Crippen molar-refractivity contribution in [2.45, 2.75) is 6.54 Å². The first-order chi connectivity index (χ1) is 7.93. The van der Waals surface area contributed by atoms with E-state index >= 15 is 0 Å². The molecule has 0 fully saturated rings. The van der Waals surface area contributed by atoms with E-state index in [1.54, 1.807) is 0 Å². The summed E-state index contributed by atoms with van der Waals surface area (Å²) < 4.78 is 2.20. The summed E-state index contributed by atoms with van der Waals surface area (Å²) in [5.74, 6) is 0.947. The van der Waals surface area contributed by atoms with Gasteiger partial charge in [0.25, 0.3) is 0 Å². The summed E-state index contributed by atoms with van der Waals surface area (Å²) in [5.41, 5.74) is 2.25. The molecule has 0 bridgehead atoms. The fraction of sp³-hybridized carbons (Fsp3) is 0.0769. The molecule has 1 aromatic rings. The van der Waals surface area contributed by atoms with Crippen LogP contribution in [-0.2, 0) is 6.54 Å². The van der Waals surface area contributed by atoms with Crippen molar-refractivity contribution in [2.24, 2.45) is 4.99 Å². The van der Waals surface area contributed by atoms with Gasteiger partial charge in [-0.1, -0.05) is 24.3 Å². The smallest absolute Gasteiger partial charge is 0.151 e. The van der Waals surface area contributed by atoms with Crippen molar-refractivity contribution < 1.29 is 0 Å². The Balaban J connectivity index is 2.19. The lowest BCUT2D eigenvalue weighted by Gasteiger charge is -2.08. The number of hydrogen-bond donors (Lipinski definition) is 0. The molecule has 0 spiro atoms. The van der Waals surface area contributed by atoms with Crippen LogP contribution in [0.2, 0.25) is 0 Å². The molecular weight excluding hydrogens is 198 g/mol. The SMILES string of the molecule is C1=Nc2cnc3c4ccccc4cc-3n2C1. The Morgan fingerprint density at radius 3 is 3.12 bits per heavy atom. The van der Waals surface area contributed by atoms with Gasteiger partial charge in [0.1, 0.15) is 0 Å². The van der Waals surface area contributed by atoms with Gasteiger partial charge in [-0.05, 0) is 11.5 Å². The predicted octanol–water partition coefficient (Wildman–Crippen LogP) is 2.86. The van der Waals surface area contributed by atoms with Crippen LogP contribution in [-0.4, -0.2) is 15.8 Å². The zero-order chi connectivity index (χ0) is 10.5. The van der Waals surface area contributed by atoms with Crippen molar-refractivity contribution >= 4 is 22.8 Å². The second-order valence-corrected chi connectivity index (χ2v) is 4.00. The predicted molar refractivity (Wildman–Crippen MR) is 64.5 cm³/mol. The van der Waals surface area contributed by atoms with Crippen LogP contribution in [0, 0.1) is 0 Å². The number of aromatic nitrogens is 2. The van der Waals surface area contributed by atoms with E-state index in [0.29, 0.717) is 0 Å². The van der Waals surface area contributed by atoms with Gasteiger partial charge in [-0.3, -0.25) is 4.98 Å². The van der Waals surface area contributed by atoms with Gasteiger partial charge in [-0.15, -0.1) is 0 Å². The highest BCUT2D eigenvalue weighted by atomic mass is 15.1. The Hall–Kier alpha value is -2.16. The minimum absolute atomic E-state index is 0.852. The maximum Gasteiger partial charge on any atom is 0.151 e. The summed E-state index contributed by atoms with van der Waals surface area (Å²) in [4.78, 5) is 8.80. The number of hydrogen-bond acceptors (Lipinski definition) is 2. The van der Waals surface area contributed by atoms with Crippen LogP contribution >= 0.6 is 0 Å². The third-order valence-corrected chi connectivity index (χ3v) is 3.11. The zero-order valence-electron chi connectivity index (χ0n) is 8.59. The number of benzene rings is 1. The van der Waals surface area contributed by atoms with Crippen LogP contribution in [0.1, 0.15) is 0 Å². The highest BCUT2D eigenvalue weighted by Gasteiger charge is 2.17. The number of nitrogens with zero attached hydrogens (tertiary/aromatic N) is 3. The molecule has 4 rings (SSSR count). The van der Waals surface area contributed by atoms with Crippen LogP contribution in [0.4, 0.5) is 5.82 Å². The monoisotopic (exact) mass is 207 g/mol. The van der Waals surface area contributed by atoms with Crippen molar-refractivity contribution in [2.75, 3.05) is 0 Å². The van der Waals surface area contributed by atoms with E-state index in [2.05, 4.69) is 44.9 Å². The van der Waals surface area contributed by atoms with Gasteiger partial charge < -0.3 is 4.57 Å². The lowest BCUT2D eigenvalue weighted by Crippen LogP contribution is -2.00. The summed E-state index contributed by atoms with van der Waals surface area (Å²) in [6.07, 6.45) is 3.77. The second kappa shape index (κ2) is 2.70. The molecule has 1 aliphatic carbocycles. The Kier molecular flexibility index (Phi) is 1.36. The van der Waals surface area contributed by atoms with Crippen LogP contribution in [0.5, 0.6) is 0 Å². The van der Waals surface area contributed by atoms with Gasteiger partial charge in [-0.25, -0.2) is 4.99 Å². The Labute approximate surface area is 92.4 Å². The highest BCUT2D eigenvalue weighted by Crippen LogP contribution is 2.35.